The molecule has 2 aromatic rings. The molecule has 0 fully saturated rings. The third-order valence-electron chi connectivity index (χ3n) is 3.50. The maximum Gasteiger partial charge on any atom is 0.338 e. The van der Waals surface area contributed by atoms with Gasteiger partial charge in [-0.15, -0.1) is 0 Å². The van der Waals surface area contributed by atoms with Crippen LogP contribution in [0.1, 0.15) is 35.3 Å². The summed E-state index contributed by atoms with van der Waals surface area (Å²) < 4.78 is 6.01. The lowest BCUT2D eigenvalue weighted by Crippen LogP contribution is -2.32. The number of carbonyl (C=O) groups excluding carboxylic acids is 2. The first-order chi connectivity index (χ1) is 11.5. The summed E-state index contributed by atoms with van der Waals surface area (Å²) in [6.07, 6.45) is 0.735. The van der Waals surface area contributed by atoms with Gasteiger partial charge in [-0.05, 0) is 48.4 Å². The van der Waals surface area contributed by atoms with Crippen LogP contribution in [0.3, 0.4) is 0 Å². The Morgan fingerprint density at radius 3 is 2.33 bits per heavy atom. The maximum atomic E-state index is 12.0. The fraction of sp³-hybridized carbons (Fsp3) is 0.222. The van der Waals surface area contributed by atoms with Crippen LogP contribution < -0.4 is 11.1 Å². The number of hydrogen-bond donors (Lipinski definition) is 2. The molecule has 0 saturated carbocycles. The highest BCUT2D eigenvalue weighted by molar-refractivity contribution is 9.10. The van der Waals surface area contributed by atoms with Crippen LogP contribution in [0.2, 0.25) is 0 Å². The third kappa shape index (κ3) is 5.09. The summed E-state index contributed by atoms with van der Waals surface area (Å²) >= 11 is 3.38. The molecule has 24 heavy (non-hydrogen) atoms. The van der Waals surface area contributed by atoms with Gasteiger partial charge in [0.1, 0.15) is 0 Å². The highest BCUT2D eigenvalue weighted by Gasteiger charge is 2.15. The van der Waals surface area contributed by atoms with Crippen molar-refractivity contribution in [3.05, 3.63) is 64.1 Å². The molecule has 2 aromatic carbocycles. The standard InChI is InChI=1S/C18H19BrN2O3/c1-2-16(12-3-7-14(19)8-4-12)21-17(22)11-24-18(23)13-5-9-15(20)10-6-13/h3-10,16H,2,11,20H2,1H3,(H,21,22)/t16-/m0/s1. The number of amides is 1. The van der Waals surface area contributed by atoms with E-state index in [0.717, 1.165) is 16.5 Å². The Balaban J connectivity index is 1.88. The Morgan fingerprint density at radius 2 is 1.75 bits per heavy atom. The number of hydrogen-bond acceptors (Lipinski definition) is 4. The van der Waals surface area contributed by atoms with E-state index in [1.54, 1.807) is 24.3 Å². The van der Waals surface area contributed by atoms with Gasteiger partial charge in [-0.2, -0.15) is 0 Å². The Morgan fingerprint density at radius 1 is 1.12 bits per heavy atom. The van der Waals surface area contributed by atoms with Crippen molar-refractivity contribution in [1.29, 1.82) is 0 Å². The fourth-order valence-electron chi connectivity index (χ4n) is 2.19. The van der Waals surface area contributed by atoms with Crippen molar-refractivity contribution >= 4 is 33.5 Å². The van der Waals surface area contributed by atoms with Gasteiger partial charge in [0.05, 0.1) is 11.6 Å². The first-order valence-corrected chi connectivity index (χ1v) is 8.36. The van der Waals surface area contributed by atoms with Crippen molar-refractivity contribution in [2.24, 2.45) is 0 Å². The van der Waals surface area contributed by atoms with E-state index in [4.69, 9.17) is 10.5 Å². The van der Waals surface area contributed by atoms with E-state index >= 15 is 0 Å². The van der Waals surface area contributed by atoms with Crippen molar-refractivity contribution < 1.29 is 14.3 Å². The lowest BCUT2D eigenvalue weighted by Gasteiger charge is -2.17. The number of nitrogens with two attached hydrogens (primary N) is 1. The zero-order valence-corrected chi connectivity index (χ0v) is 14.9. The summed E-state index contributed by atoms with van der Waals surface area (Å²) in [5.74, 6) is -0.893. The Kier molecular flexibility index (Phi) is 6.37. The van der Waals surface area contributed by atoms with E-state index in [1.807, 2.05) is 31.2 Å². The van der Waals surface area contributed by atoms with E-state index in [2.05, 4.69) is 21.2 Å². The number of rotatable bonds is 6. The zero-order valence-electron chi connectivity index (χ0n) is 13.3. The molecule has 0 aliphatic heterocycles. The smallest absolute Gasteiger partial charge is 0.338 e. The second-order valence-electron chi connectivity index (χ2n) is 5.28. The van der Waals surface area contributed by atoms with E-state index in [0.29, 0.717) is 11.3 Å². The molecule has 0 radical (unpaired) electrons. The summed E-state index contributed by atoms with van der Waals surface area (Å²) in [5, 5.41) is 2.87. The van der Waals surface area contributed by atoms with Crippen LogP contribution in [0.15, 0.2) is 53.0 Å². The van der Waals surface area contributed by atoms with Gasteiger partial charge in [0.2, 0.25) is 0 Å². The molecule has 0 heterocycles. The van der Waals surface area contributed by atoms with Crippen LogP contribution in [0.5, 0.6) is 0 Å². The van der Waals surface area contributed by atoms with Crippen LogP contribution in [-0.4, -0.2) is 18.5 Å². The van der Waals surface area contributed by atoms with E-state index in [9.17, 15) is 9.59 Å². The summed E-state index contributed by atoms with van der Waals surface area (Å²) in [4.78, 5) is 23.9. The number of esters is 1. The normalized spacial score (nSPS) is 11.6. The highest BCUT2D eigenvalue weighted by Crippen LogP contribution is 2.19. The second kappa shape index (κ2) is 8.49. The van der Waals surface area contributed by atoms with Gasteiger partial charge < -0.3 is 15.8 Å². The molecule has 126 valence electrons. The predicted molar refractivity (Wildman–Crippen MR) is 96.5 cm³/mol. The largest absolute Gasteiger partial charge is 0.452 e. The first kappa shape index (κ1) is 18.0. The van der Waals surface area contributed by atoms with Gasteiger partial charge in [-0.3, -0.25) is 4.79 Å². The van der Waals surface area contributed by atoms with Crippen LogP contribution in [0.25, 0.3) is 0 Å². The topological polar surface area (TPSA) is 81.4 Å². The lowest BCUT2D eigenvalue weighted by atomic mass is 10.0. The molecule has 5 nitrogen and oxygen atoms in total. The Hall–Kier alpha value is -2.34. The molecule has 1 atom stereocenters. The molecule has 1 amide bonds. The molecular weight excluding hydrogens is 372 g/mol. The fourth-order valence-corrected chi connectivity index (χ4v) is 2.45. The molecule has 6 heteroatoms. The summed E-state index contributed by atoms with van der Waals surface area (Å²) in [6, 6.07) is 13.9. The molecule has 0 bridgehead atoms. The van der Waals surface area contributed by atoms with E-state index < -0.39 is 5.97 Å². The third-order valence-corrected chi connectivity index (χ3v) is 4.03. The summed E-state index contributed by atoms with van der Waals surface area (Å²) in [7, 11) is 0. The number of anilines is 1. The SMILES string of the molecule is CC[C@H](NC(=O)COC(=O)c1ccc(N)cc1)c1ccc(Br)cc1. The quantitative estimate of drug-likeness (QED) is 0.584. The number of ether oxygens (including phenoxy) is 1. The zero-order chi connectivity index (χ0) is 17.5. The average molecular weight is 391 g/mol. The van der Waals surface area contributed by atoms with Crippen molar-refractivity contribution in [2.75, 3.05) is 12.3 Å². The first-order valence-electron chi connectivity index (χ1n) is 7.57. The molecule has 3 N–H and O–H groups in total. The van der Waals surface area contributed by atoms with E-state index in [-0.39, 0.29) is 18.6 Å². The minimum atomic E-state index is -0.554. The number of nitrogen functional groups attached to an aromatic ring is 1. The lowest BCUT2D eigenvalue weighted by molar-refractivity contribution is -0.125. The molecule has 0 saturated heterocycles. The highest BCUT2D eigenvalue weighted by atomic mass is 79.9. The molecule has 0 aromatic heterocycles. The van der Waals surface area contributed by atoms with Crippen LogP contribution in [0.4, 0.5) is 5.69 Å². The van der Waals surface area contributed by atoms with Crippen molar-refractivity contribution in [2.45, 2.75) is 19.4 Å². The molecular formula is C18H19BrN2O3. The van der Waals surface area contributed by atoms with Gasteiger partial charge in [-0.25, -0.2) is 4.79 Å². The second-order valence-corrected chi connectivity index (χ2v) is 6.19. The van der Waals surface area contributed by atoms with Gasteiger partial charge in [-0.1, -0.05) is 35.0 Å². The Labute approximate surface area is 149 Å². The minimum Gasteiger partial charge on any atom is -0.452 e. The van der Waals surface area contributed by atoms with Gasteiger partial charge >= 0.3 is 5.97 Å². The van der Waals surface area contributed by atoms with Crippen molar-refractivity contribution in [3.8, 4) is 0 Å². The molecule has 2 rings (SSSR count). The molecule has 0 aliphatic carbocycles. The molecule has 0 spiro atoms. The monoisotopic (exact) mass is 390 g/mol. The van der Waals surface area contributed by atoms with E-state index in [1.165, 1.54) is 0 Å². The van der Waals surface area contributed by atoms with Gasteiger partial charge in [0, 0.05) is 10.2 Å². The van der Waals surface area contributed by atoms with Crippen LogP contribution >= 0.6 is 15.9 Å². The number of nitrogens with one attached hydrogen (secondary N) is 1. The Bertz CT molecular complexity index is 699. The molecule has 0 unspecified atom stereocenters. The van der Waals surface area contributed by atoms with Gasteiger partial charge in [0.25, 0.3) is 5.91 Å². The number of benzene rings is 2. The number of halogens is 1. The average Bonchev–Trinajstić information content (AvgIpc) is 2.59. The summed E-state index contributed by atoms with van der Waals surface area (Å²) in [5.41, 5.74) is 7.48. The minimum absolute atomic E-state index is 0.124. The predicted octanol–water partition coefficient (Wildman–Crippen LogP) is 3.46. The van der Waals surface area contributed by atoms with Crippen molar-refractivity contribution in [1.82, 2.24) is 5.32 Å². The molecule has 0 aliphatic rings. The maximum absolute atomic E-state index is 12.0. The van der Waals surface area contributed by atoms with Crippen LogP contribution in [-0.2, 0) is 9.53 Å². The van der Waals surface area contributed by atoms with Gasteiger partial charge in [0.15, 0.2) is 6.61 Å². The number of carbonyl (C=O) groups is 2. The van der Waals surface area contributed by atoms with Crippen LogP contribution in [0, 0.1) is 0 Å². The summed E-state index contributed by atoms with van der Waals surface area (Å²) in [6.45, 7) is 1.66. The van der Waals surface area contributed by atoms with Crippen molar-refractivity contribution in [3.63, 3.8) is 0 Å².